The number of benzene rings is 2. The molecule has 2 atom stereocenters. The zero-order valence-corrected chi connectivity index (χ0v) is 20.1. The monoisotopic (exact) mass is 480 g/mol. The molecule has 34 heavy (non-hydrogen) atoms. The summed E-state index contributed by atoms with van der Waals surface area (Å²) in [6.07, 6.45) is 3.23. The van der Waals surface area contributed by atoms with Gasteiger partial charge in [-0.15, -0.1) is 10.2 Å². The van der Waals surface area contributed by atoms with Gasteiger partial charge in [-0.3, -0.25) is 14.4 Å². The molecule has 1 aliphatic rings. The van der Waals surface area contributed by atoms with E-state index >= 15 is 0 Å². The fraction of sp³-hybridized carbons (Fsp3) is 0.360. The van der Waals surface area contributed by atoms with Crippen LogP contribution in [0.1, 0.15) is 54.5 Å². The number of aromatic nitrogens is 3. The SMILES string of the molecule is COc1ccc2c(c1)C(c1ccc(Cl)cc1)=N[C@@H](C(CCCCCN)C(N)=O)c1nnc(C)n1-2. The Kier molecular flexibility index (Phi) is 7.29. The second kappa shape index (κ2) is 10.4. The first kappa shape index (κ1) is 23.9. The number of nitrogens with two attached hydrogens (primary N) is 2. The van der Waals surface area contributed by atoms with Crippen LogP contribution >= 0.6 is 11.6 Å². The first-order valence-corrected chi connectivity index (χ1v) is 11.8. The maximum absolute atomic E-state index is 12.7. The summed E-state index contributed by atoms with van der Waals surface area (Å²) in [6.45, 7) is 2.50. The van der Waals surface area contributed by atoms with Gasteiger partial charge in [-0.05, 0) is 56.6 Å². The summed E-state index contributed by atoms with van der Waals surface area (Å²) in [5.74, 6) is 1.03. The number of aliphatic imine (C=N–C) groups is 1. The molecule has 0 aliphatic carbocycles. The first-order chi connectivity index (χ1) is 16.4. The number of carbonyl (C=O) groups excluding carboxylic acids is 1. The Morgan fingerprint density at radius 3 is 2.59 bits per heavy atom. The van der Waals surface area contributed by atoms with E-state index in [-0.39, 0.29) is 0 Å². The van der Waals surface area contributed by atoms with Crippen molar-refractivity contribution in [2.75, 3.05) is 13.7 Å². The number of methoxy groups -OCH3 is 1. The molecule has 0 saturated heterocycles. The minimum absolute atomic E-state index is 0.410. The van der Waals surface area contributed by atoms with Crippen molar-refractivity contribution >= 4 is 23.2 Å². The van der Waals surface area contributed by atoms with E-state index in [4.69, 9.17) is 32.8 Å². The summed E-state index contributed by atoms with van der Waals surface area (Å²) >= 11 is 6.16. The van der Waals surface area contributed by atoms with Gasteiger partial charge in [0.15, 0.2) is 5.82 Å². The van der Waals surface area contributed by atoms with Crippen LogP contribution in [0.5, 0.6) is 5.75 Å². The molecule has 3 aromatic rings. The summed E-state index contributed by atoms with van der Waals surface area (Å²) < 4.78 is 7.47. The maximum atomic E-state index is 12.7. The van der Waals surface area contributed by atoms with Gasteiger partial charge in [-0.2, -0.15) is 0 Å². The lowest BCUT2D eigenvalue weighted by atomic mass is 9.92. The smallest absolute Gasteiger partial charge is 0.223 e. The van der Waals surface area contributed by atoms with Gasteiger partial charge < -0.3 is 16.2 Å². The number of aryl methyl sites for hydroxylation is 1. The number of hydrogen-bond donors (Lipinski definition) is 2. The van der Waals surface area contributed by atoms with Crippen LogP contribution in [0.4, 0.5) is 0 Å². The largest absolute Gasteiger partial charge is 0.497 e. The van der Waals surface area contributed by atoms with Gasteiger partial charge in [-0.1, -0.05) is 36.6 Å². The van der Waals surface area contributed by atoms with Crippen molar-refractivity contribution in [2.24, 2.45) is 22.4 Å². The third-order valence-electron chi connectivity index (χ3n) is 6.17. The second-order valence-electron chi connectivity index (χ2n) is 8.40. The molecule has 1 aliphatic heterocycles. The molecular weight excluding hydrogens is 452 g/mol. The molecule has 0 fully saturated rings. The molecular formula is C25H29ClN6O2. The summed E-state index contributed by atoms with van der Waals surface area (Å²) in [6, 6.07) is 12.7. The average Bonchev–Trinajstić information content (AvgIpc) is 3.14. The van der Waals surface area contributed by atoms with Gasteiger partial charge >= 0.3 is 0 Å². The van der Waals surface area contributed by atoms with Crippen molar-refractivity contribution in [3.05, 3.63) is 70.3 Å². The van der Waals surface area contributed by atoms with Gasteiger partial charge in [0.2, 0.25) is 5.91 Å². The van der Waals surface area contributed by atoms with E-state index < -0.39 is 17.9 Å². The van der Waals surface area contributed by atoms with Gasteiger partial charge in [-0.25, -0.2) is 0 Å². The molecule has 1 aromatic heterocycles. The number of carbonyl (C=O) groups is 1. The molecule has 178 valence electrons. The van der Waals surface area contributed by atoms with Crippen molar-refractivity contribution in [3.63, 3.8) is 0 Å². The number of rotatable bonds is 9. The van der Waals surface area contributed by atoms with E-state index in [2.05, 4.69) is 10.2 Å². The van der Waals surface area contributed by atoms with E-state index in [0.717, 1.165) is 36.1 Å². The molecule has 1 unspecified atom stereocenters. The summed E-state index contributed by atoms with van der Waals surface area (Å²) in [5.41, 5.74) is 14.9. The van der Waals surface area contributed by atoms with Crippen molar-refractivity contribution in [1.82, 2.24) is 14.8 Å². The van der Waals surface area contributed by atoms with Crippen LogP contribution < -0.4 is 16.2 Å². The minimum atomic E-state index is -0.597. The van der Waals surface area contributed by atoms with Crippen LogP contribution in [-0.2, 0) is 4.79 Å². The number of hydrogen-bond acceptors (Lipinski definition) is 6. The minimum Gasteiger partial charge on any atom is -0.497 e. The Bertz CT molecular complexity index is 1200. The predicted molar refractivity (Wildman–Crippen MR) is 133 cm³/mol. The third kappa shape index (κ3) is 4.69. The van der Waals surface area contributed by atoms with Crippen LogP contribution in [0.3, 0.4) is 0 Å². The van der Waals surface area contributed by atoms with Gasteiger partial charge in [0.25, 0.3) is 0 Å². The topological polar surface area (TPSA) is 121 Å². The lowest BCUT2D eigenvalue weighted by Gasteiger charge is -2.21. The molecule has 8 nitrogen and oxygen atoms in total. The normalized spacial score (nSPS) is 15.6. The highest BCUT2D eigenvalue weighted by Crippen LogP contribution is 2.37. The predicted octanol–water partition coefficient (Wildman–Crippen LogP) is 3.75. The Hall–Kier alpha value is -3.23. The zero-order chi connectivity index (χ0) is 24.2. The van der Waals surface area contributed by atoms with E-state index in [0.29, 0.717) is 41.1 Å². The summed E-state index contributed by atoms with van der Waals surface area (Å²) in [4.78, 5) is 17.8. The summed E-state index contributed by atoms with van der Waals surface area (Å²) in [5, 5.41) is 9.40. The highest BCUT2D eigenvalue weighted by molar-refractivity contribution is 6.30. The van der Waals surface area contributed by atoms with Crippen molar-refractivity contribution in [3.8, 4) is 11.4 Å². The molecule has 4 N–H and O–H groups in total. The van der Waals surface area contributed by atoms with E-state index in [1.807, 2.05) is 54.0 Å². The van der Waals surface area contributed by atoms with Crippen molar-refractivity contribution < 1.29 is 9.53 Å². The molecule has 2 heterocycles. The standard InChI is InChI=1S/C25H29ClN6O2/c1-15-30-31-25-23(19(24(28)33)6-4-3-5-13-27)29-22(16-7-9-17(26)10-8-16)20-14-18(34-2)11-12-21(20)32(15)25/h7-12,14,19,23H,3-6,13,27H2,1-2H3,(H2,28,33)/t19?,23-/m0/s1. The van der Waals surface area contributed by atoms with Crippen LogP contribution in [0, 0.1) is 12.8 Å². The number of halogens is 1. The van der Waals surface area contributed by atoms with Crippen molar-refractivity contribution in [1.29, 1.82) is 0 Å². The fourth-order valence-electron chi connectivity index (χ4n) is 4.41. The lowest BCUT2D eigenvalue weighted by molar-refractivity contribution is -0.122. The molecule has 0 radical (unpaired) electrons. The molecule has 0 spiro atoms. The second-order valence-corrected chi connectivity index (χ2v) is 8.84. The molecule has 4 rings (SSSR count). The average molecular weight is 481 g/mol. The van der Waals surface area contributed by atoms with E-state index in [1.54, 1.807) is 7.11 Å². The van der Waals surface area contributed by atoms with Crippen LogP contribution in [-0.4, -0.2) is 40.0 Å². The Morgan fingerprint density at radius 2 is 1.91 bits per heavy atom. The number of fused-ring (bicyclic) bond motifs is 3. The molecule has 0 saturated carbocycles. The van der Waals surface area contributed by atoms with Crippen molar-refractivity contribution in [2.45, 2.75) is 38.6 Å². The van der Waals surface area contributed by atoms with E-state index in [1.165, 1.54) is 0 Å². The van der Waals surface area contributed by atoms with E-state index in [9.17, 15) is 4.79 Å². The van der Waals surface area contributed by atoms with Crippen LogP contribution in [0.25, 0.3) is 5.69 Å². The Labute approximate surface area is 204 Å². The first-order valence-electron chi connectivity index (χ1n) is 11.4. The van der Waals surface area contributed by atoms with Crippen LogP contribution in [0.2, 0.25) is 5.02 Å². The lowest BCUT2D eigenvalue weighted by Crippen LogP contribution is -2.30. The highest BCUT2D eigenvalue weighted by atomic mass is 35.5. The van der Waals surface area contributed by atoms with Gasteiger partial charge in [0, 0.05) is 16.1 Å². The number of ether oxygens (including phenoxy) is 1. The Balaban J connectivity index is 1.92. The Morgan fingerprint density at radius 1 is 1.15 bits per heavy atom. The molecule has 9 heteroatoms. The zero-order valence-electron chi connectivity index (χ0n) is 19.4. The number of nitrogens with zero attached hydrogens (tertiary/aromatic N) is 4. The maximum Gasteiger partial charge on any atom is 0.223 e. The number of primary amides is 1. The molecule has 0 bridgehead atoms. The third-order valence-corrected chi connectivity index (χ3v) is 6.42. The number of amides is 1. The summed E-state index contributed by atoms with van der Waals surface area (Å²) in [7, 11) is 1.63. The van der Waals surface area contributed by atoms with Crippen LogP contribution in [0.15, 0.2) is 47.5 Å². The quantitative estimate of drug-likeness (QED) is 0.451. The highest BCUT2D eigenvalue weighted by Gasteiger charge is 2.36. The molecule has 1 amide bonds. The molecule has 2 aromatic carbocycles. The fourth-order valence-corrected chi connectivity index (χ4v) is 4.54. The van der Waals surface area contributed by atoms with Gasteiger partial charge in [0.1, 0.15) is 17.6 Å². The number of unbranched alkanes of at least 4 members (excludes halogenated alkanes) is 2. The van der Waals surface area contributed by atoms with Gasteiger partial charge in [0.05, 0.1) is 24.4 Å².